The van der Waals surface area contributed by atoms with Crippen molar-refractivity contribution in [1.29, 1.82) is 0 Å². The third-order valence-electron chi connectivity index (χ3n) is 5.09. The lowest BCUT2D eigenvalue weighted by molar-refractivity contribution is 0.0785. The zero-order chi connectivity index (χ0) is 18.9. The summed E-state index contributed by atoms with van der Waals surface area (Å²) in [4.78, 5) is 27.1. The minimum atomic E-state index is -0.108. The van der Waals surface area contributed by atoms with Crippen LogP contribution in [-0.2, 0) is 0 Å². The standard InChI is InChI=1S/C19H21N7O2/c27-19(15-9-22-18(10-21-15)28-12-13-1-2-13)25-7-5-14(11-25)23-16-3-4-17-20-6-8-26(17)24-16/h3-4,6,8-10,13-14H,1-2,5,7,11-12H2,(H,23,24)/t14-/m0/s1. The van der Waals surface area contributed by atoms with Crippen molar-refractivity contribution < 1.29 is 9.53 Å². The summed E-state index contributed by atoms with van der Waals surface area (Å²) in [6.07, 6.45) is 9.85. The average molecular weight is 379 g/mol. The molecular formula is C19H21N7O2. The average Bonchev–Trinajstić information content (AvgIpc) is 3.23. The van der Waals surface area contributed by atoms with E-state index < -0.39 is 0 Å². The maximum absolute atomic E-state index is 12.7. The molecule has 3 aromatic rings. The molecule has 1 aliphatic heterocycles. The Hall–Kier alpha value is -3.23. The molecule has 144 valence electrons. The summed E-state index contributed by atoms with van der Waals surface area (Å²) in [6, 6.07) is 3.96. The highest BCUT2D eigenvalue weighted by molar-refractivity contribution is 5.92. The first-order valence-electron chi connectivity index (χ1n) is 9.56. The lowest BCUT2D eigenvalue weighted by atomic mass is 10.2. The van der Waals surface area contributed by atoms with Crippen LogP contribution in [0.1, 0.15) is 29.8 Å². The van der Waals surface area contributed by atoms with Crippen molar-refractivity contribution in [2.24, 2.45) is 5.92 Å². The number of fused-ring (bicyclic) bond motifs is 1. The van der Waals surface area contributed by atoms with Crippen molar-refractivity contribution in [2.75, 3.05) is 25.0 Å². The topological polar surface area (TPSA) is 97.5 Å². The minimum Gasteiger partial charge on any atom is -0.476 e. The highest BCUT2D eigenvalue weighted by Gasteiger charge is 2.28. The van der Waals surface area contributed by atoms with Gasteiger partial charge in [0.15, 0.2) is 5.65 Å². The normalized spacial score (nSPS) is 19.1. The van der Waals surface area contributed by atoms with Crippen molar-refractivity contribution in [2.45, 2.75) is 25.3 Å². The van der Waals surface area contributed by atoms with Gasteiger partial charge in [-0.3, -0.25) is 4.79 Å². The maximum Gasteiger partial charge on any atom is 0.274 e. The van der Waals surface area contributed by atoms with Crippen molar-refractivity contribution >= 4 is 17.4 Å². The van der Waals surface area contributed by atoms with Gasteiger partial charge in [0, 0.05) is 31.5 Å². The summed E-state index contributed by atoms with van der Waals surface area (Å²) in [5.41, 5.74) is 1.15. The van der Waals surface area contributed by atoms with E-state index in [9.17, 15) is 4.79 Å². The molecule has 9 nitrogen and oxygen atoms in total. The number of nitrogens with one attached hydrogen (secondary N) is 1. The molecule has 4 heterocycles. The fraction of sp³-hybridized carbons (Fsp3) is 0.421. The van der Waals surface area contributed by atoms with E-state index in [-0.39, 0.29) is 11.9 Å². The molecule has 1 amide bonds. The van der Waals surface area contributed by atoms with Crippen LogP contribution in [-0.4, -0.2) is 61.1 Å². The molecule has 9 heteroatoms. The van der Waals surface area contributed by atoms with Crippen LogP contribution in [0, 0.1) is 5.92 Å². The number of anilines is 1. The molecule has 0 spiro atoms. The summed E-state index contributed by atoms with van der Waals surface area (Å²) >= 11 is 0. The van der Waals surface area contributed by atoms with Crippen molar-refractivity contribution in [3.63, 3.8) is 0 Å². The van der Waals surface area contributed by atoms with Gasteiger partial charge in [0.05, 0.1) is 19.0 Å². The third-order valence-corrected chi connectivity index (χ3v) is 5.09. The Labute approximate surface area is 161 Å². The molecule has 1 aliphatic carbocycles. The van der Waals surface area contributed by atoms with Crippen LogP contribution in [0.5, 0.6) is 5.88 Å². The molecular weight excluding hydrogens is 358 g/mol. The van der Waals surface area contributed by atoms with Crippen molar-refractivity contribution in [3.8, 4) is 5.88 Å². The highest BCUT2D eigenvalue weighted by Crippen LogP contribution is 2.29. The second-order valence-corrected chi connectivity index (χ2v) is 7.32. The van der Waals surface area contributed by atoms with Gasteiger partial charge >= 0.3 is 0 Å². The van der Waals surface area contributed by atoms with E-state index in [2.05, 4.69) is 25.4 Å². The summed E-state index contributed by atoms with van der Waals surface area (Å²) < 4.78 is 7.30. The van der Waals surface area contributed by atoms with Gasteiger partial charge in [0.25, 0.3) is 5.91 Å². The molecule has 0 radical (unpaired) electrons. The van der Waals surface area contributed by atoms with E-state index in [1.54, 1.807) is 15.6 Å². The van der Waals surface area contributed by atoms with Crippen LogP contribution in [0.25, 0.3) is 5.65 Å². The Kier molecular flexibility index (Phi) is 4.27. The number of carbonyl (C=O) groups is 1. The van der Waals surface area contributed by atoms with E-state index in [1.165, 1.54) is 25.2 Å². The number of nitrogens with zero attached hydrogens (tertiary/aromatic N) is 6. The Balaban J connectivity index is 1.18. The fourth-order valence-electron chi connectivity index (χ4n) is 3.31. The van der Waals surface area contributed by atoms with Gasteiger partial charge in [-0.25, -0.2) is 19.5 Å². The predicted octanol–water partition coefficient (Wildman–Crippen LogP) is 1.63. The first-order chi connectivity index (χ1) is 13.7. The molecule has 3 aromatic heterocycles. The predicted molar refractivity (Wildman–Crippen MR) is 101 cm³/mol. The fourth-order valence-corrected chi connectivity index (χ4v) is 3.31. The van der Waals surface area contributed by atoms with Crippen LogP contribution in [0.15, 0.2) is 36.9 Å². The van der Waals surface area contributed by atoms with E-state index in [0.717, 1.165) is 17.9 Å². The van der Waals surface area contributed by atoms with Crippen LogP contribution in [0.2, 0.25) is 0 Å². The van der Waals surface area contributed by atoms with Gasteiger partial charge < -0.3 is 15.0 Å². The maximum atomic E-state index is 12.7. The van der Waals surface area contributed by atoms with Crippen molar-refractivity contribution in [1.82, 2.24) is 29.5 Å². The first kappa shape index (κ1) is 16.9. The van der Waals surface area contributed by atoms with Gasteiger partial charge in [0.1, 0.15) is 11.5 Å². The zero-order valence-corrected chi connectivity index (χ0v) is 15.4. The number of carbonyl (C=O) groups excluding carboxylic acids is 1. The van der Waals surface area contributed by atoms with Crippen LogP contribution < -0.4 is 10.1 Å². The minimum absolute atomic E-state index is 0.108. The van der Waals surface area contributed by atoms with Gasteiger partial charge in [-0.05, 0) is 37.3 Å². The number of imidazole rings is 1. The quantitative estimate of drug-likeness (QED) is 0.695. The number of rotatable bonds is 6. The van der Waals surface area contributed by atoms with Gasteiger partial charge in [-0.1, -0.05) is 0 Å². The molecule has 1 atom stereocenters. The molecule has 28 heavy (non-hydrogen) atoms. The van der Waals surface area contributed by atoms with Crippen LogP contribution >= 0.6 is 0 Å². The number of hydrogen-bond donors (Lipinski definition) is 1. The first-order valence-corrected chi connectivity index (χ1v) is 9.56. The monoisotopic (exact) mass is 379 g/mol. The Bertz CT molecular complexity index is 983. The Morgan fingerprint density at radius 3 is 2.93 bits per heavy atom. The smallest absolute Gasteiger partial charge is 0.274 e. The van der Waals surface area contributed by atoms with Gasteiger partial charge in [0.2, 0.25) is 5.88 Å². The SMILES string of the molecule is O=C(c1cnc(OCC2CC2)cn1)N1CC[C@H](Nc2ccc3nccn3n2)C1. The van der Waals surface area contributed by atoms with Crippen LogP contribution in [0.3, 0.4) is 0 Å². The lowest BCUT2D eigenvalue weighted by Gasteiger charge is -2.17. The molecule has 1 saturated carbocycles. The molecule has 0 aromatic carbocycles. The molecule has 1 N–H and O–H groups in total. The van der Waals surface area contributed by atoms with Gasteiger partial charge in [-0.2, -0.15) is 0 Å². The number of aromatic nitrogens is 5. The number of ether oxygens (including phenoxy) is 1. The molecule has 0 unspecified atom stereocenters. The lowest BCUT2D eigenvalue weighted by Crippen LogP contribution is -2.32. The summed E-state index contributed by atoms with van der Waals surface area (Å²) in [5, 5.41) is 7.87. The Morgan fingerprint density at radius 1 is 1.18 bits per heavy atom. The van der Waals surface area contributed by atoms with Crippen LogP contribution in [0.4, 0.5) is 5.82 Å². The van der Waals surface area contributed by atoms with E-state index >= 15 is 0 Å². The number of amides is 1. The second kappa shape index (κ2) is 7.06. The summed E-state index contributed by atoms with van der Waals surface area (Å²) in [7, 11) is 0. The zero-order valence-electron chi connectivity index (χ0n) is 15.4. The van der Waals surface area contributed by atoms with Crippen molar-refractivity contribution in [3.05, 3.63) is 42.6 Å². The summed E-state index contributed by atoms with van der Waals surface area (Å²) in [6.45, 7) is 1.95. The molecule has 5 rings (SSSR count). The van der Waals surface area contributed by atoms with Gasteiger partial charge in [-0.15, -0.1) is 5.10 Å². The molecule has 1 saturated heterocycles. The number of hydrogen-bond acceptors (Lipinski definition) is 7. The van der Waals surface area contributed by atoms with E-state index in [4.69, 9.17) is 4.74 Å². The third kappa shape index (κ3) is 3.60. The van der Waals surface area contributed by atoms with E-state index in [0.29, 0.717) is 37.2 Å². The number of likely N-dealkylation sites (tertiary alicyclic amines) is 1. The highest BCUT2D eigenvalue weighted by atomic mass is 16.5. The molecule has 2 fully saturated rings. The molecule has 0 bridgehead atoms. The summed E-state index contributed by atoms with van der Waals surface area (Å²) in [5.74, 6) is 1.79. The Morgan fingerprint density at radius 2 is 2.11 bits per heavy atom. The van der Waals surface area contributed by atoms with E-state index in [1.807, 2.05) is 18.3 Å². The largest absolute Gasteiger partial charge is 0.476 e. The molecule has 2 aliphatic rings. The second-order valence-electron chi connectivity index (χ2n) is 7.32.